The maximum absolute atomic E-state index is 13.4. The van der Waals surface area contributed by atoms with Crippen molar-refractivity contribution in [2.24, 2.45) is 0 Å². The molecule has 0 aromatic heterocycles. The van der Waals surface area contributed by atoms with Crippen molar-refractivity contribution in [3.8, 4) is 0 Å². The van der Waals surface area contributed by atoms with Gasteiger partial charge >= 0.3 is 0 Å². The number of likely N-dealkylation sites (N-methyl/N-ethyl adjacent to an activating group) is 1. The fourth-order valence-corrected chi connectivity index (χ4v) is 3.08. The Morgan fingerprint density at radius 2 is 1.83 bits per heavy atom. The van der Waals surface area contributed by atoms with E-state index in [2.05, 4.69) is 5.32 Å². The SMILES string of the molecule is Cc1ccc(NC(=O)CN(C)S(=O)(=O)c2ccccc2)cc1F. The van der Waals surface area contributed by atoms with Crippen LogP contribution in [0.2, 0.25) is 0 Å². The van der Waals surface area contributed by atoms with Crippen molar-refractivity contribution in [2.75, 3.05) is 18.9 Å². The first-order chi connectivity index (χ1) is 10.8. The first-order valence-electron chi connectivity index (χ1n) is 6.88. The lowest BCUT2D eigenvalue weighted by Crippen LogP contribution is -2.34. The second-order valence-corrected chi connectivity index (χ2v) is 7.13. The quantitative estimate of drug-likeness (QED) is 0.912. The molecule has 0 heterocycles. The van der Waals surface area contributed by atoms with E-state index in [9.17, 15) is 17.6 Å². The molecule has 2 aromatic rings. The van der Waals surface area contributed by atoms with Gasteiger partial charge < -0.3 is 5.32 Å². The Bertz CT molecular complexity index is 807. The predicted molar refractivity (Wildman–Crippen MR) is 86.0 cm³/mol. The van der Waals surface area contributed by atoms with Crippen molar-refractivity contribution in [1.29, 1.82) is 0 Å². The highest BCUT2D eigenvalue weighted by Crippen LogP contribution is 2.15. The molecule has 1 N–H and O–H groups in total. The molecule has 0 bridgehead atoms. The van der Waals surface area contributed by atoms with Crippen LogP contribution in [0, 0.1) is 12.7 Å². The summed E-state index contributed by atoms with van der Waals surface area (Å²) < 4.78 is 39.0. The summed E-state index contributed by atoms with van der Waals surface area (Å²) >= 11 is 0. The Kier molecular flexibility index (Phi) is 5.12. The summed E-state index contributed by atoms with van der Waals surface area (Å²) in [6.07, 6.45) is 0. The molecule has 2 aromatic carbocycles. The number of halogens is 1. The maximum Gasteiger partial charge on any atom is 0.243 e. The van der Waals surface area contributed by atoms with Gasteiger partial charge in [-0.1, -0.05) is 24.3 Å². The molecule has 0 aliphatic rings. The molecule has 0 spiro atoms. The number of benzene rings is 2. The Labute approximate surface area is 134 Å². The number of aryl methyl sites for hydroxylation is 1. The number of hydrogen-bond acceptors (Lipinski definition) is 3. The number of hydrogen-bond donors (Lipinski definition) is 1. The molecule has 0 radical (unpaired) electrons. The van der Waals surface area contributed by atoms with Gasteiger partial charge in [0, 0.05) is 12.7 Å². The fraction of sp³-hybridized carbons (Fsp3) is 0.188. The van der Waals surface area contributed by atoms with Crippen LogP contribution in [-0.2, 0) is 14.8 Å². The lowest BCUT2D eigenvalue weighted by atomic mass is 10.2. The summed E-state index contributed by atoms with van der Waals surface area (Å²) in [7, 11) is -2.43. The molecule has 5 nitrogen and oxygen atoms in total. The van der Waals surface area contributed by atoms with Gasteiger partial charge in [0.15, 0.2) is 0 Å². The molecule has 0 aliphatic heterocycles. The molecular formula is C16H17FN2O3S. The summed E-state index contributed by atoms with van der Waals surface area (Å²) in [5.41, 5.74) is 0.746. The molecule has 122 valence electrons. The second-order valence-electron chi connectivity index (χ2n) is 5.09. The highest BCUT2D eigenvalue weighted by Gasteiger charge is 2.22. The van der Waals surface area contributed by atoms with Crippen LogP contribution < -0.4 is 5.32 Å². The average molecular weight is 336 g/mol. The fourth-order valence-electron chi connectivity index (χ4n) is 1.93. The smallest absolute Gasteiger partial charge is 0.243 e. The van der Waals surface area contributed by atoms with E-state index in [1.165, 1.54) is 31.3 Å². The zero-order chi connectivity index (χ0) is 17.0. The van der Waals surface area contributed by atoms with E-state index in [1.54, 1.807) is 31.2 Å². The van der Waals surface area contributed by atoms with Crippen LogP contribution in [0.4, 0.5) is 10.1 Å². The van der Waals surface area contributed by atoms with Gasteiger partial charge in [0.25, 0.3) is 0 Å². The average Bonchev–Trinajstić information content (AvgIpc) is 2.51. The van der Waals surface area contributed by atoms with Crippen molar-refractivity contribution in [1.82, 2.24) is 4.31 Å². The van der Waals surface area contributed by atoms with Gasteiger partial charge in [0.05, 0.1) is 11.4 Å². The normalized spacial score (nSPS) is 11.5. The summed E-state index contributed by atoms with van der Waals surface area (Å²) in [4.78, 5) is 12.1. The Balaban J connectivity index is 2.06. The zero-order valence-corrected chi connectivity index (χ0v) is 13.6. The molecule has 0 atom stereocenters. The van der Waals surface area contributed by atoms with Gasteiger partial charge in [-0.2, -0.15) is 4.31 Å². The van der Waals surface area contributed by atoms with Crippen LogP contribution in [-0.4, -0.2) is 32.2 Å². The topological polar surface area (TPSA) is 66.5 Å². The molecule has 23 heavy (non-hydrogen) atoms. The number of carbonyl (C=O) groups excluding carboxylic acids is 1. The predicted octanol–water partition coefficient (Wildman–Crippen LogP) is 2.39. The van der Waals surface area contributed by atoms with Gasteiger partial charge in [-0.3, -0.25) is 4.79 Å². The zero-order valence-electron chi connectivity index (χ0n) is 12.8. The van der Waals surface area contributed by atoms with Crippen LogP contribution in [0.3, 0.4) is 0 Å². The summed E-state index contributed by atoms with van der Waals surface area (Å²) in [5.74, 6) is -0.983. The standard InChI is InChI=1S/C16H17FN2O3S/c1-12-8-9-13(10-15(12)17)18-16(20)11-19(2)23(21,22)14-6-4-3-5-7-14/h3-10H,11H2,1-2H3,(H,18,20). The van der Waals surface area contributed by atoms with Crippen LogP contribution in [0.15, 0.2) is 53.4 Å². The number of nitrogens with zero attached hydrogens (tertiary/aromatic N) is 1. The van der Waals surface area contributed by atoms with E-state index < -0.39 is 21.7 Å². The second kappa shape index (κ2) is 6.89. The van der Waals surface area contributed by atoms with Gasteiger partial charge in [0.2, 0.25) is 15.9 Å². The lowest BCUT2D eigenvalue weighted by Gasteiger charge is -2.17. The Morgan fingerprint density at radius 3 is 2.43 bits per heavy atom. The van der Waals surface area contributed by atoms with Crippen LogP contribution in [0.25, 0.3) is 0 Å². The number of carbonyl (C=O) groups is 1. The van der Waals surface area contributed by atoms with E-state index in [0.717, 1.165) is 4.31 Å². The van der Waals surface area contributed by atoms with Crippen LogP contribution in [0.5, 0.6) is 0 Å². The monoisotopic (exact) mass is 336 g/mol. The Morgan fingerprint density at radius 1 is 1.17 bits per heavy atom. The third kappa shape index (κ3) is 4.14. The largest absolute Gasteiger partial charge is 0.325 e. The van der Waals surface area contributed by atoms with Gasteiger partial charge in [0.1, 0.15) is 5.82 Å². The molecule has 0 saturated heterocycles. The van der Waals surface area contributed by atoms with Gasteiger partial charge in [-0.15, -0.1) is 0 Å². The van der Waals surface area contributed by atoms with Crippen molar-refractivity contribution >= 4 is 21.6 Å². The van der Waals surface area contributed by atoms with Crippen molar-refractivity contribution in [3.05, 3.63) is 59.9 Å². The minimum atomic E-state index is -3.74. The van der Waals surface area contributed by atoms with Gasteiger partial charge in [-0.25, -0.2) is 12.8 Å². The lowest BCUT2D eigenvalue weighted by molar-refractivity contribution is -0.116. The van der Waals surface area contributed by atoms with E-state index in [1.807, 2.05) is 0 Å². The van der Waals surface area contributed by atoms with Crippen molar-refractivity contribution in [2.45, 2.75) is 11.8 Å². The molecule has 1 amide bonds. The minimum absolute atomic E-state index is 0.108. The van der Waals surface area contributed by atoms with Crippen LogP contribution >= 0.6 is 0 Å². The molecule has 0 saturated carbocycles. The molecule has 0 fully saturated rings. The number of amides is 1. The van der Waals surface area contributed by atoms with Crippen LogP contribution in [0.1, 0.15) is 5.56 Å². The minimum Gasteiger partial charge on any atom is -0.325 e. The molecule has 7 heteroatoms. The van der Waals surface area contributed by atoms with Gasteiger partial charge in [-0.05, 0) is 36.8 Å². The first-order valence-corrected chi connectivity index (χ1v) is 8.32. The third-order valence-electron chi connectivity index (χ3n) is 3.27. The molecule has 0 unspecified atom stereocenters. The first kappa shape index (κ1) is 17.1. The van der Waals surface area contributed by atoms with Crippen molar-refractivity contribution < 1.29 is 17.6 Å². The maximum atomic E-state index is 13.4. The molecule has 0 aliphatic carbocycles. The van der Waals surface area contributed by atoms with E-state index in [-0.39, 0.29) is 17.1 Å². The summed E-state index contributed by atoms with van der Waals surface area (Å²) in [6.45, 7) is 1.24. The van der Waals surface area contributed by atoms with E-state index >= 15 is 0 Å². The number of sulfonamides is 1. The van der Waals surface area contributed by atoms with E-state index in [4.69, 9.17) is 0 Å². The number of anilines is 1. The highest BCUT2D eigenvalue weighted by atomic mass is 32.2. The van der Waals surface area contributed by atoms with Crippen molar-refractivity contribution in [3.63, 3.8) is 0 Å². The van der Waals surface area contributed by atoms with E-state index in [0.29, 0.717) is 5.56 Å². The number of rotatable bonds is 5. The third-order valence-corrected chi connectivity index (χ3v) is 5.09. The number of nitrogens with one attached hydrogen (secondary N) is 1. The Hall–Kier alpha value is -2.25. The molecule has 2 rings (SSSR count). The summed E-state index contributed by atoms with van der Waals surface area (Å²) in [5, 5.41) is 2.48. The highest BCUT2D eigenvalue weighted by molar-refractivity contribution is 7.89. The summed E-state index contributed by atoms with van der Waals surface area (Å²) in [6, 6.07) is 12.1. The molecular weight excluding hydrogens is 319 g/mol.